The lowest BCUT2D eigenvalue weighted by molar-refractivity contribution is -0.151. The fraction of sp³-hybridized carbons (Fsp3) is 0.519. The quantitative estimate of drug-likeness (QED) is 0.308. The fourth-order valence-electron chi connectivity index (χ4n) is 6.31. The van der Waals surface area contributed by atoms with Gasteiger partial charge in [0.05, 0.1) is 22.1 Å². The number of rotatable bonds is 8. The molecule has 200 valence electrons. The third-order valence-electron chi connectivity index (χ3n) is 8.03. The standard InChI is InChI=1S/C27H31N5O5S/c33-15-6-2-1-5-14-31-23-25(35)30(17-32-19-10-4-3-9-18(19)28-29-32)13-8-12-27(23)22(24(31)34)21-20(38-27)11-7-16-37-26(21)36/h3-4,7-12,20-23,33H,1-2,5-6,13-17H2/t20-,21+,22+,23?,27+/m1/s1. The number of nitrogens with zero attached hydrogens (tertiary/aromatic N) is 5. The van der Waals surface area contributed by atoms with Crippen molar-refractivity contribution < 1.29 is 24.2 Å². The van der Waals surface area contributed by atoms with Crippen LogP contribution in [0.1, 0.15) is 25.7 Å². The SMILES string of the molecule is O=C1OCC=C[C@H]2S[C@]34C=CCN(Cn5nnc6ccccc65)C(=O)C3N(CCCCCCO)C(=O)[C@@H]4[C@@H]12. The summed E-state index contributed by atoms with van der Waals surface area (Å²) in [6, 6.07) is 6.87. The molecule has 1 spiro atoms. The molecule has 1 unspecified atom stereocenters. The highest BCUT2D eigenvalue weighted by Crippen LogP contribution is 2.60. The Morgan fingerprint density at radius 1 is 1.08 bits per heavy atom. The molecule has 2 aromatic rings. The largest absolute Gasteiger partial charge is 0.461 e. The Hall–Kier alpha value is -3.18. The third kappa shape index (κ3) is 4.03. The van der Waals surface area contributed by atoms with Gasteiger partial charge in [-0.2, -0.15) is 0 Å². The zero-order valence-electron chi connectivity index (χ0n) is 21.0. The molecular weight excluding hydrogens is 506 g/mol. The van der Waals surface area contributed by atoms with Crippen LogP contribution in [0.25, 0.3) is 11.0 Å². The Labute approximate surface area is 224 Å². The molecule has 1 N–H and O–H groups in total. The van der Waals surface area contributed by atoms with E-state index < -0.39 is 22.6 Å². The van der Waals surface area contributed by atoms with Gasteiger partial charge in [0, 0.05) is 24.9 Å². The number of ether oxygens (including phenoxy) is 1. The van der Waals surface area contributed by atoms with Crippen LogP contribution in [0.3, 0.4) is 0 Å². The van der Waals surface area contributed by atoms with E-state index in [1.54, 1.807) is 26.2 Å². The van der Waals surface area contributed by atoms with Crippen molar-refractivity contribution in [2.45, 2.75) is 48.4 Å². The number of hydrogen-bond donors (Lipinski definition) is 1. The molecular formula is C27H31N5O5S. The number of hydrogen-bond acceptors (Lipinski definition) is 8. The summed E-state index contributed by atoms with van der Waals surface area (Å²) >= 11 is 1.55. The van der Waals surface area contributed by atoms with E-state index in [1.165, 1.54) is 0 Å². The van der Waals surface area contributed by atoms with E-state index >= 15 is 0 Å². The number of amides is 2. The fourth-order valence-corrected chi connectivity index (χ4v) is 8.32. The number of benzene rings is 1. The van der Waals surface area contributed by atoms with Crippen molar-refractivity contribution in [2.24, 2.45) is 11.8 Å². The average molecular weight is 538 g/mol. The number of carbonyl (C=O) groups excluding carboxylic acids is 3. The number of aliphatic hydroxyl groups excluding tert-OH is 1. The number of para-hydroxylation sites is 1. The number of thioether (sulfide) groups is 1. The van der Waals surface area contributed by atoms with Crippen molar-refractivity contribution in [1.29, 1.82) is 0 Å². The molecule has 2 fully saturated rings. The molecule has 10 nitrogen and oxygen atoms in total. The molecule has 5 heterocycles. The molecule has 4 aliphatic rings. The normalized spacial score (nSPS) is 30.3. The van der Waals surface area contributed by atoms with Crippen LogP contribution in [-0.2, 0) is 25.8 Å². The first kappa shape index (κ1) is 25.1. The second-order valence-electron chi connectivity index (χ2n) is 10.3. The van der Waals surface area contributed by atoms with Gasteiger partial charge in [-0.25, -0.2) is 4.68 Å². The van der Waals surface area contributed by atoms with Crippen molar-refractivity contribution in [3.05, 3.63) is 48.6 Å². The van der Waals surface area contributed by atoms with Crippen molar-refractivity contribution in [1.82, 2.24) is 24.8 Å². The van der Waals surface area contributed by atoms with Gasteiger partial charge in [-0.05, 0) is 25.0 Å². The predicted molar refractivity (Wildman–Crippen MR) is 141 cm³/mol. The number of unbranched alkanes of at least 4 members (excludes halogenated alkanes) is 3. The van der Waals surface area contributed by atoms with Gasteiger partial charge in [-0.3, -0.25) is 14.4 Å². The number of aliphatic hydroxyl groups is 1. The molecule has 1 aromatic heterocycles. The molecule has 0 radical (unpaired) electrons. The van der Waals surface area contributed by atoms with Crippen molar-refractivity contribution in [3.63, 3.8) is 0 Å². The van der Waals surface area contributed by atoms with Gasteiger partial charge in [0.2, 0.25) is 11.8 Å². The zero-order valence-corrected chi connectivity index (χ0v) is 21.8. The minimum atomic E-state index is -0.853. The molecule has 5 atom stereocenters. The van der Waals surface area contributed by atoms with E-state index in [4.69, 9.17) is 9.84 Å². The van der Waals surface area contributed by atoms with Crippen molar-refractivity contribution in [2.75, 3.05) is 26.3 Å². The molecule has 0 saturated carbocycles. The predicted octanol–water partition coefficient (Wildman–Crippen LogP) is 1.75. The first-order chi connectivity index (χ1) is 18.5. The van der Waals surface area contributed by atoms with Crippen LogP contribution in [-0.4, -0.2) is 90.0 Å². The molecule has 6 rings (SSSR count). The van der Waals surface area contributed by atoms with E-state index in [1.807, 2.05) is 48.6 Å². The van der Waals surface area contributed by atoms with E-state index in [0.717, 1.165) is 30.3 Å². The second-order valence-corrected chi connectivity index (χ2v) is 11.7. The first-order valence-corrected chi connectivity index (χ1v) is 14.1. The number of fused-ring (bicyclic) bond motifs is 3. The van der Waals surface area contributed by atoms with E-state index in [0.29, 0.717) is 19.5 Å². The van der Waals surface area contributed by atoms with Crippen LogP contribution in [0.4, 0.5) is 0 Å². The molecule has 38 heavy (non-hydrogen) atoms. The Morgan fingerprint density at radius 2 is 1.92 bits per heavy atom. The zero-order chi connectivity index (χ0) is 26.3. The lowest BCUT2D eigenvalue weighted by atomic mass is 9.78. The van der Waals surface area contributed by atoms with Crippen LogP contribution >= 0.6 is 11.8 Å². The number of cyclic esters (lactones) is 1. The lowest BCUT2D eigenvalue weighted by Gasteiger charge is -2.35. The molecule has 2 amide bonds. The van der Waals surface area contributed by atoms with Gasteiger partial charge in [0.1, 0.15) is 24.8 Å². The summed E-state index contributed by atoms with van der Waals surface area (Å²) in [5, 5.41) is 17.4. The molecule has 4 aliphatic heterocycles. The lowest BCUT2D eigenvalue weighted by Crippen LogP contribution is -2.53. The first-order valence-electron chi connectivity index (χ1n) is 13.2. The maximum atomic E-state index is 14.3. The van der Waals surface area contributed by atoms with Gasteiger partial charge in [0.15, 0.2) is 0 Å². The minimum Gasteiger partial charge on any atom is -0.461 e. The average Bonchev–Trinajstić information content (AvgIpc) is 3.46. The number of aromatic nitrogens is 3. The summed E-state index contributed by atoms with van der Waals surface area (Å²) in [6.45, 7) is 1.34. The monoisotopic (exact) mass is 537 g/mol. The van der Waals surface area contributed by atoms with Crippen molar-refractivity contribution in [3.8, 4) is 0 Å². The summed E-state index contributed by atoms with van der Waals surface area (Å²) in [6.07, 6.45) is 10.9. The van der Waals surface area contributed by atoms with Gasteiger partial charge >= 0.3 is 5.97 Å². The summed E-state index contributed by atoms with van der Waals surface area (Å²) in [5.74, 6) is -1.97. The Morgan fingerprint density at radius 3 is 2.79 bits per heavy atom. The number of esters is 1. The molecule has 0 aliphatic carbocycles. The minimum absolute atomic E-state index is 0.140. The van der Waals surface area contributed by atoms with Crippen LogP contribution in [0, 0.1) is 11.8 Å². The third-order valence-corrected chi connectivity index (χ3v) is 9.77. The molecule has 11 heteroatoms. The van der Waals surface area contributed by atoms with Gasteiger partial charge in [-0.1, -0.05) is 54.5 Å². The van der Waals surface area contributed by atoms with Crippen LogP contribution in [0.2, 0.25) is 0 Å². The molecule has 1 aromatic carbocycles. The van der Waals surface area contributed by atoms with E-state index in [2.05, 4.69) is 10.3 Å². The van der Waals surface area contributed by atoms with E-state index in [-0.39, 0.29) is 42.9 Å². The summed E-state index contributed by atoms with van der Waals surface area (Å²) in [5.41, 5.74) is 1.58. The highest BCUT2D eigenvalue weighted by molar-refractivity contribution is 8.02. The van der Waals surface area contributed by atoms with Crippen LogP contribution < -0.4 is 0 Å². The van der Waals surface area contributed by atoms with Crippen molar-refractivity contribution >= 4 is 40.6 Å². The highest BCUT2D eigenvalue weighted by atomic mass is 32.2. The maximum absolute atomic E-state index is 14.3. The Balaban J connectivity index is 1.34. The Kier molecular flexibility index (Phi) is 6.73. The Bertz CT molecular complexity index is 1310. The van der Waals surface area contributed by atoms with Crippen LogP contribution in [0.15, 0.2) is 48.6 Å². The van der Waals surface area contributed by atoms with Gasteiger partial charge < -0.3 is 19.6 Å². The smallest absolute Gasteiger partial charge is 0.311 e. The maximum Gasteiger partial charge on any atom is 0.311 e. The second kappa shape index (κ2) is 10.2. The van der Waals surface area contributed by atoms with Gasteiger partial charge in [-0.15, -0.1) is 16.9 Å². The summed E-state index contributed by atoms with van der Waals surface area (Å²) in [7, 11) is 0. The number of likely N-dealkylation sites (tertiary alicyclic amines) is 1. The summed E-state index contributed by atoms with van der Waals surface area (Å²) in [4.78, 5) is 44.8. The van der Waals surface area contributed by atoms with E-state index in [9.17, 15) is 14.4 Å². The topological polar surface area (TPSA) is 118 Å². The molecule has 0 bridgehead atoms. The van der Waals surface area contributed by atoms with Crippen LogP contribution in [0.5, 0.6) is 0 Å². The van der Waals surface area contributed by atoms with Gasteiger partial charge in [0.25, 0.3) is 0 Å². The molecule has 2 saturated heterocycles. The summed E-state index contributed by atoms with van der Waals surface area (Å²) < 4.78 is 6.28. The highest BCUT2D eigenvalue weighted by Gasteiger charge is 2.71. The number of carbonyl (C=O) groups is 3.